The van der Waals surface area contributed by atoms with Crippen LogP contribution in [0.2, 0.25) is 0 Å². The van der Waals surface area contributed by atoms with Gasteiger partial charge in [0.05, 0.1) is 4.47 Å². The first-order valence-corrected chi connectivity index (χ1v) is 7.42. The van der Waals surface area contributed by atoms with E-state index in [0.717, 1.165) is 15.8 Å². The molecular formula is C16H19BrO. The number of aryl methyl sites for hydroxylation is 3. The molecule has 0 unspecified atom stereocenters. The molecule has 0 atom stereocenters. The third kappa shape index (κ3) is 1.58. The first-order valence-electron chi connectivity index (χ1n) is 6.63. The van der Waals surface area contributed by atoms with Gasteiger partial charge in [-0.3, -0.25) is 0 Å². The molecule has 0 aliphatic heterocycles. The molecule has 0 fully saturated rings. The van der Waals surface area contributed by atoms with E-state index in [1.807, 2.05) is 6.92 Å². The van der Waals surface area contributed by atoms with Gasteiger partial charge in [-0.1, -0.05) is 13.8 Å². The largest absolute Gasteiger partial charge is 0.460 e. The molecule has 0 spiro atoms. The summed E-state index contributed by atoms with van der Waals surface area (Å²) in [5.74, 6) is 0.980. The third-order valence-electron chi connectivity index (χ3n) is 4.34. The number of benzene rings is 1. The normalized spacial score (nSPS) is 18.1. The van der Waals surface area contributed by atoms with Gasteiger partial charge in [0.15, 0.2) is 0 Å². The molecule has 1 aromatic carbocycles. The molecule has 2 heteroatoms. The highest BCUT2D eigenvalue weighted by atomic mass is 79.9. The number of halogens is 1. The van der Waals surface area contributed by atoms with E-state index in [9.17, 15) is 0 Å². The van der Waals surface area contributed by atoms with Crippen molar-refractivity contribution in [3.05, 3.63) is 33.0 Å². The second-order valence-corrected chi connectivity index (χ2v) is 6.91. The predicted octanol–water partition coefficient (Wildman–Crippen LogP) is 5.43. The average molecular weight is 307 g/mol. The summed E-state index contributed by atoms with van der Waals surface area (Å²) in [7, 11) is 0. The maximum Gasteiger partial charge on any atom is 0.136 e. The van der Waals surface area contributed by atoms with Crippen LogP contribution in [-0.4, -0.2) is 0 Å². The van der Waals surface area contributed by atoms with Crippen LogP contribution in [0, 0.1) is 13.8 Å². The standard InChI is InChI=1S/C16H19BrO/c1-9-13-12(18-10(2)15(13)17)8-11-6-5-7-16(3,4)14(9)11/h8H,5-7H2,1-4H3. The molecule has 3 rings (SSSR count). The fourth-order valence-electron chi connectivity index (χ4n) is 3.58. The number of hydrogen-bond donors (Lipinski definition) is 0. The molecule has 0 saturated carbocycles. The Labute approximate surface area is 117 Å². The summed E-state index contributed by atoms with van der Waals surface area (Å²) in [6.45, 7) is 9.00. The number of fused-ring (bicyclic) bond motifs is 2. The van der Waals surface area contributed by atoms with Gasteiger partial charge in [-0.2, -0.15) is 0 Å². The van der Waals surface area contributed by atoms with E-state index in [4.69, 9.17) is 4.42 Å². The predicted molar refractivity (Wildman–Crippen MR) is 79.4 cm³/mol. The Morgan fingerprint density at radius 1 is 1.28 bits per heavy atom. The molecule has 18 heavy (non-hydrogen) atoms. The minimum Gasteiger partial charge on any atom is -0.460 e. The third-order valence-corrected chi connectivity index (χ3v) is 5.29. The second-order valence-electron chi connectivity index (χ2n) is 6.12. The lowest BCUT2D eigenvalue weighted by Gasteiger charge is -2.34. The van der Waals surface area contributed by atoms with Crippen LogP contribution in [0.1, 0.15) is 49.1 Å². The van der Waals surface area contributed by atoms with Gasteiger partial charge in [0.25, 0.3) is 0 Å². The van der Waals surface area contributed by atoms with E-state index in [1.54, 1.807) is 5.56 Å². The fraction of sp³-hybridized carbons (Fsp3) is 0.500. The first kappa shape index (κ1) is 12.3. The van der Waals surface area contributed by atoms with Crippen molar-refractivity contribution in [2.45, 2.75) is 52.4 Å². The van der Waals surface area contributed by atoms with E-state index >= 15 is 0 Å². The molecule has 96 valence electrons. The summed E-state index contributed by atoms with van der Waals surface area (Å²) in [5, 5.41) is 1.27. The molecule has 1 aromatic heterocycles. The quantitative estimate of drug-likeness (QED) is 0.633. The monoisotopic (exact) mass is 306 g/mol. The van der Waals surface area contributed by atoms with Gasteiger partial charge >= 0.3 is 0 Å². The highest BCUT2D eigenvalue weighted by molar-refractivity contribution is 9.10. The average Bonchev–Trinajstić information content (AvgIpc) is 2.53. The summed E-state index contributed by atoms with van der Waals surface area (Å²) in [5.41, 5.74) is 5.75. The Morgan fingerprint density at radius 3 is 2.72 bits per heavy atom. The van der Waals surface area contributed by atoms with Gasteiger partial charge in [0, 0.05) is 5.39 Å². The van der Waals surface area contributed by atoms with Crippen LogP contribution in [0.25, 0.3) is 11.0 Å². The minimum absolute atomic E-state index is 0.288. The van der Waals surface area contributed by atoms with Crippen LogP contribution in [0.5, 0.6) is 0 Å². The Bertz CT molecular complexity index is 634. The zero-order valence-electron chi connectivity index (χ0n) is 11.5. The molecule has 1 aliphatic carbocycles. The summed E-state index contributed by atoms with van der Waals surface area (Å²) in [6.07, 6.45) is 3.75. The number of furan rings is 1. The van der Waals surface area contributed by atoms with Crippen molar-refractivity contribution in [2.75, 3.05) is 0 Å². The highest BCUT2D eigenvalue weighted by Crippen LogP contribution is 2.44. The molecule has 1 nitrogen and oxygen atoms in total. The second kappa shape index (κ2) is 3.86. The number of rotatable bonds is 0. The van der Waals surface area contributed by atoms with Gasteiger partial charge in [0.1, 0.15) is 11.3 Å². The van der Waals surface area contributed by atoms with Crippen molar-refractivity contribution < 1.29 is 4.42 Å². The van der Waals surface area contributed by atoms with Gasteiger partial charge < -0.3 is 4.42 Å². The summed E-state index contributed by atoms with van der Waals surface area (Å²) in [4.78, 5) is 0. The lowest BCUT2D eigenvalue weighted by Crippen LogP contribution is -2.25. The Hall–Kier alpha value is -0.760. The zero-order chi connectivity index (χ0) is 13.1. The minimum atomic E-state index is 0.288. The van der Waals surface area contributed by atoms with E-state index in [-0.39, 0.29) is 5.41 Å². The topological polar surface area (TPSA) is 13.1 Å². The van der Waals surface area contributed by atoms with Crippen LogP contribution >= 0.6 is 15.9 Å². The lowest BCUT2D eigenvalue weighted by molar-refractivity contribution is 0.430. The molecule has 0 radical (unpaired) electrons. The first-order chi connectivity index (χ1) is 8.42. The Kier molecular flexibility index (Phi) is 2.64. The van der Waals surface area contributed by atoms with Crippen molar-refractivity contribution in [3.8, 4) is 0 Å². The van der Waals surface area contributed by atoms with Crippen LogP contribution in [0.3, 0.4) is 0 Å². The smallest absolute Gasteiger partial charge is 0.136 e. The highest BCUT2D eigenvalue weighted by Gasteiger charge is 2.31. The van der Waals surface area contributed by atoms with E-state index < -0.39 is 0 Å². The fourth-order valence-corrected chi connectivity index (χ4v) is 4.15. The molecule has 1 aliphatic rings. The van der Waals surface area contributed by atoms with Gasteiger partial charge in [-0.15, -0.1) is 0 Å². The van der Waals surface area contributed by atoms with Crippen molar-refractivity contribution in [2.24, 2.45) is 0 Å². The summed E-state index contributed by atoms with van der Waals surface area (Å²) in [6, 6.07) is 2.26. The maximum absolute atomic E-state index is 5.87. The van der Waals surface area contributed by atoms with Crippen LogP contribution in [0.4, 0.5) is 0 Å². The molecule has 2 aromatic rings. The number of hydrogen-bond acceptors (Lipinski definition) is 1. The molecular weight excluding hydrogens is 288 g/mol. The maximum atomic E-state index is 5.87. The van der Waals surface area contributed by atoms with Crippen LogP contribution in [-0.2, 0) is 11.8 Å². The van der Waals surface area contributed by atoms with Gasteiger partial charge in [0.2, 0.25) is 0 Å². The van der Waals surface area contributed by atoms with E-state index in [0.29, 0.717) is 0 Å². The van der Waals surface area contributed by atoms with Crippen molar-refractivity contribution in [1.82, 2.24) is 0 Å². The van der Waals surface area contributed by atoms with Crippen molar-refractivity contribution in [1.29, 1.82) is 0 Å². The molecule has 0 amide bonds. The molecule has 1 heterocycles. The van der Waals surface area contributed by atoms with E-state index in [2.05, 4.69) is 42.8 Å². The molecule has 0 bridgehead atoms. The van der Waals surface area contributed by atoms with Crippen LogP contribution in [0.15, 0.2) is 15.0 Å². The van der Waals surface area contributed by atoms with E-state index in [1.165, 1.54) is 35.8 Å². The van der Waals surface area contributed by atoms with Gasteiger partial charge in [-0.25, -0.2) is 0 Å². The van der Waals surface area contributed by atoms with Crippen molar-refractivity contribution >= 4 is 26.9 Å². The zero-order valence-corrected chi connectivity index (χ0v) is 13.1. The van der Waals surface area contributed by atoms with Crippen LogP contribution < -0.4 is 0 Å². The Balaban J connectivity index is 2.43. The summed E-state index contributed by atoms with van der Waals surface area (Å²) < 4.78 is 6.99. The lowest BCUT2D eigenvalue weighted by atomic mass is 9.70. The Morgan fingerprint density at radius 2 is 2.00 bits per heavy atom. The molecule has 0 saturated heterocycles. The molecule has 0 N–H and O–H groups in total. The van der Waals surface area contributed by atoms with Gasteiger partial charge in [-0.05, 0) is 77.2 Å². The van der Waals surface area contributed by atoms with Crippen molar-refractivity contribution in [3.63, 3.8) is 0 Å². The SMILES string of the molecule is Cc1oc2cc3c(c(C)c2c1Br)C(C)(C)CCC3. The summed E-state index contributed by atoms with van der Waals surface area (Å²) >= 11 is 3.67.